The summed E-state index contributed by atoms with van der Waals surface area (Å²) in [4.78, 5) is 0.130. The molecule has 0 aliphatic rings. The van der Waals surface area contributed by atoms with Gasteiger partial charge in [-0.25, -0.2) is 13.1 Å². The molecule has 2 N–H and O–H groups in total. The molecule has 0 saturated carbocycles. The molecule has 0 aliphatic carbocycles. The van der Waals surface area contributed by atoms with Gasteiger partial charge in [0.1, 0.15) is 4.90 Å². The quantitative estimate of drug-likeness (QED) is 0.793. The summed E-state index contributed by atoms with van der Waals surface area (Å²) in [6.07, 6.45) is 1.03. The van der Waals surface area contributed by atoms with Crippen LogP contribution in [0.4, 0.5) is 0 Å². The number of hydrogen-bond acceptors (Lipinski definition) is 3. The van der Waals surface area contributed by atoms with Gasteiger partial charge in [-0.3, -0.25) is 0 Å². The monoisotopic (exact) mass is 318 g/mol. The van der Waals surface area contributed by atoms with E-state index in [4.69, 9.17) is 11.6 Å². The third kappa shape index (κ3) is 5.40. The third-order valence-corrected chi connectivity index (χ3v) is 4.72. The number of rotatable bonds is 6. The molecule has 1 aromatic carbocycles. The van der Waals surface area contributed by atoms with Crippen molar-refractivity contribution < 1.29 is 8.42 Å². The molecule has 20 heavy (non-hydrogen) atoms. The maximum absolute atomic E-state index is 12.3. The SMILES string of the molecule is CCCNCc1ccc(Cl)c(S(=O)(=O)NC(C)(C)C)c1. The van der Waals surface area contributed by atoms with Gasteiger partial charge in [-0.15, -0.1) is 0 Å². The minimum atomic E-state index is -3.61. The lowest BCUT2D eigenvalue weighted by atomic mass is 10.1. The highest BCUT2D eigenvalue weighted by molar-refractivity contribution is 7.89. The normalized spacial score (nSPS) is 12.7. The van der Waals surface area contributed by atoms with Crippen molar-refractivity contribution >= 4 is 21.6 Å². The molecule has 0 bridgehead atoms. The van der Waals surface area contributed by atoms with Crippen molar-refractivity contribution in [2.45, 2.75) is 51.1 Å². The summed E-state index contributed by atoms with van der Waals surface area (Å²) in [6, 6.07) is 5.09. The highest BCUT2D eigenvalue weighted by Crippen LogP contribution is 2.23. The molecule has 0 aromatic heterocycles. The average Bonchev–Trinajstić information content (AvgIpc) is 2.28. The predicted octanol–water partition coefficient (Wildman–Crippen LogP) is 2.92. The maximum atomic E-state index is 12.3. The topological polar surface area (TPSA) is 58.2 Å². The molecule has 0 aliphatic heterocycles. The van der Waals surface area contributed by atoms with Gasteiger partial charge in [0.2, 0.25) is 10.0 Å². The largest absolute Gasteiger partial charge is 0.313 e. The standard InChI is InChI=1S/C14H23ClN2O2S/c1-5-8-16-10-11-6-7-12(15)13(9-11)20(18,19)17-14(2,3)4/h6-7,9,16-17H,5,8,10H2,1-4H3. The molecule has 0 spiro atoms. The van der Waals surface area contributed by atoms with Crippen LogP contribution in [0, 0.1) is 0 Å². The first-order valence-corrected chi connectivity index (χ1v) is 8.55. The Kier molecular flexibility index (Phi) is 6.01. The second-order valence-electron chi connectivity index (χ2n) is 5.80. The molecule has 0 heterocycles. The fourth-order valence-electron chi connectivity index (χ4n) is 1.73. The Bertz CT molecular complexity index is 551. The van der Waals surface area contributed by atoms with E-state index in [0.717, 1.165) is 18.5 Å². The highest BCUT2D eigenvalue weighted by Gasteiger charge is 2.24. The predicted molar refractivity (Wildman–Crippen MR) is 83.5 cm³/mol. The van der Waals surface area contributed by atoms with Crippen molar-refractivity contribution in [1.82, 2.24) is 10.0 Å². The van der Waals surface area contributed by atoms with Crippen LogP contribution in [0.2, 0.25) is 5.02 Å². The van der Waals surface area contributed by atoms with Crippen LogP contribution in [-0.4, -0.2) is 20.5 Å². The van der Waals surface area contributed by atoms with Crippen LogP contribution < -0.4 is 10.0 Å². The van der Waals surface area contributed by atoms with Gasteiger partial charge in [-0.1, -0.05) is 24.6 Å². The summed E-state index contributed by atoms with van der Waals surface area (Å²) >= 11 is 6.03. The van der Waals surface area contributed by atoms with Crippen LogP contribution in [0.3, 0.4) is 0 Å². The Morgan fingerprint density at radius 2 is 1.90 bits per heavy atom. The van der Waals surface area contributed by atoms with E-state index < -0.39 is 15.6 Å². The lowest BCUT2D eigenvalue weighted by Gasteiger charge is -2.21. The third-order valence-electron chi connectivity index (χ3n) is 2.48. The number of hydrogen-bond donors (Lipinski definition) is 2. The van der Waals surface area contributed by atoms with Crippen molar-refractivity contribution in [3.63, 3.8) is 0 Å². The van der Waals surface area contributed by atoms with Crippen LogP contribution in [0.5, 0.6) is 0 Å². The van der Waals surface area contributed by atoms with Crippen molar-refractivity contribution in [1.29, 1.82) is 0 Å². The molecule has 1 rings (SSSR count). The zero-order valence-corrected chi connectivity index (χ0v) is 14.0. The smallest absolute Gasteiger partial charge is 0.242 e. The molecular weight excluding hydrogens is 296 g/mol. The lowest BCUT2D eigenvalue weighted by molar-refractivity contribution is 0.491. The zero-order chi connectivity index (χ0) is 15.4. The van der Waals surface area contributed by atoms with E-state index in [1.807, 2.05) is 6.07 Å². The molecule has 0 radical (unpaired) electrons. The fraction of sp³-hybridized carbons (Fsp3) is 0.571. The van der Waals surface area contributed by atoms with Gasteiger partial charge in [0.25, 0.3) is 0 Å². The lowest BCUT2D eigenvalue weighted by Crippen LogP contribution is -2.40. The average molecular weight is 319 g/mol. The van der Waals surface area contributed by atoms with Crippen molar-refractivity contribution in [2.24, 2.45) is 0 Å². The number of nitrogens with one attached hydrogen (secondary N) is 2. The van der Waals surface area contributed by atoms with Crippen molar-refractivity contribution in [3.05, 3.63) is 28.8 Å². The molecule has 0 unspecified atom stereocenters. The summed E-state index contributed by atoms with van der Waals surface area (Å²) < 4.78 is 27.3. The summed E-state index contributed by atoms with van der Waals surface area (Å²) in [5, 5.41) is 3.48. The number of sulfonamides is 1. The molecule has 0 amide bonds. The van der Waals surface area contributed by atoms with Gasteiger partial charge < -0.3 is 5.32 Å². The molecule has 6 heteroatoms. The van der Waals surface area contributed by atoms with Gasteiger partial charge in [-0.2, -0.15) is 0 Å². The van der Waals surface area contributed by atoms with Crippen molar-refractivity contribution in [2.75, 3.05) is 6.54 Å². The molecule has 114 valence electrons. The maximum Gasteiger partial charge on any atom is 0.242 e. The van der Waals surface area contributed by atoms with Gasteiger partial charge in [0, 0.05) is 12.1 Å². The zero-order valence-electron chi connectivity index (χ0n) is 12.5. The molecule has 0 fully saturated rings. The summed E-state index contributed by atoms with van der Waals surface area (Å²) in [5.74, 6) is 0. The molecule has 1 aromatic rings. The van der Waals surface area contributed by atoms with Gasteiger partial charge in [0.15, 0.2) is 0 Å². The van der Waals surface area contributed by atoms with E-state index in [1.54, 1.807) is 32.9 Å². The molecule has 0 atom stereocenters. The van der Waals surface area contributed by atoms with Crippen LogP contribution in [-0.2, 0) is 16.6 Å². The molecule has 0 saturated heterocycles. The molecule has 4 nitrogen and oxygen atoms in total. The van der Waals surface area contributed by atoms with E-state index in [1.165, 1.54) is 0 Å². The number of benzene rings is 1. The first-order chi connectivity index (χ1) is 9.15. The van der Waals surface area contributed by atoms with Crippen LogP contribution in [0.25, 0.3) is 0 Å². The second-order valence-corrected chi connectivity index (χ2v) is 7.86. The first kappa shape index (κ1) is 17.4. The van der Waals surface area contributed by atoms with Crippen LogP contribution in [0.1, 0.15) is 39.7 Å². The Morgan fingerprint density at radius 3 is 2.45 bits per heavy atom. The van der Waals surface area contributed by atoms with Gasteiger partial charge in [-0.05, 0) is 51.4 Å². The summed E-state index contributed by atoms with van der Waals surface area (Å²) in [7, 11) is -3.61. The summed E-state index contributed by atoms with van der Waals surface area (Å²) in [6.45, 7) is 8.99. The fourth-order valence-corrected chi connectivity index (χ4v) is 3.70. The van der Waals surface area contributed by atoms with Crippen LogP contribution in [0.15, 0.2) is 23.1 Å². The van der Waals surface area contributed by atoms with E-state index in [-0.39, 0.29) is 9.92 Å². The van der Waals surface area contributed by atoms with E-state index in [2.05, 4.69) is 17.0 Å². The highest BCUT2D eigenvalue weighted by atomic mass is 35.5. The minimum Gasteiger partial charge on any atom is -0.313 e. The number of halogens is 1. The van der Waals surface area contributed by atoms with E-state index in [9.17, 15) is 8.42 Å². The van der Waals surface area contributed by atoms with E-state index >= 15 is 0 Å². The Morgan fingerprint density at radius 1 is 1.25 bits per heavy atom. The van der Waals surface area contributed by atoms with Crippen LogP contribution >= 0.6 is 11.6 Å². The second kappa shape index (κ2) is 6.89. The first-order valence-electron chi connectivity index (χ1n) is 6.69. The van der Waals surface area contributed by atoms with Crippen molar-refractivity contribution in [3.8, 4) is 0 Å². The Labute approximate surface area is 127 Å². The summed E-state index contributed by atoms with van der Waals surface area (Å²) in [5.41, 5.74) is 0.357. The Balaban J connectivity index is 3.02. The van der Waals surface area contributed by atoms with Gasteiger partial charge in [0.05, 0.1) is 5.02 Å². The molecular formula is C14H23ClN2O2S. The minimum absolute atomic E-state index is 0.130. The Hall–Kier alpha value is -0.620. The van der Waals surface area contributed by atoms with E-state index in [0.29, 0.717) is 6.54 Å². The van der Waals surface area contributed by atoms with Gasteiger partial charge >= 0.3 is 0 Å².